The van der Waals surface area contributed by atoms with Crippen LogP contribution < -0.4 is 0 Å². The molecule has 0 aromatic heterocycles. The third-order valence-electron chi connectivity index (χ3n) is 5.86. The van der Waals surface area contributed by atoms with Crippen molar-refractivity contribution in [2.24, 2.45) is 11.8 Å². The van der Waals surface area contributed by atoms with Crippen molar-refractivity contribution in [1.82, 2.24) is 0 Å². The van der Waals surface area contributed by atoms with Crippen LogP contribution in [0.1, 0.15) is 59.8 Å². The Balaban J connectivity index is 2.02. The SMILES string of the molecule is CC(C)C(=O)CC1CC2CCC(C1)[N+]2(C)C(C)C. The standard InChI is InChI=1S/C16H30NO/c1-11(2)16(18)10-13-8-14-6-7-15(9-13)17(14,5)12(3)4/h11-15H,6-10H2,1-5H3/q+1. The zero-order valence-electron chi connectivity index (χ0n) is 12.8. The number of piperidine rings is 1. The molecule has 2 aliphatic rings. The maximum Gasteiger partial charge on any atom is 0.135 e. The van der Waals surface area contributed by atoms with E-state index in [-0.39, 0.29) is 5.92 Å². The lowest BCUT2D eigenvalue weighted by Crippen LogP contribution is -2.61. The van der Waals surface area contributed by atoms with Gasteiger partial charge in [-0.3, -0.25) is 4.79 Å². The minimum Gasteiger partial charge on any atom is -0.319 e. The zero-order valence-corrected chi connectivity index (χ0v) is 12.8. The van der Waals surface area contributed by atoms with Gasteiger partial charge in [0.05, 0.1) is 25.2 Å². The van der Waals surface area contributed by atoms with E-state index in [9.17, 15) is 4.79 Å². The quantitative estimate of drug-likeness (QED) is 0.701. The minimum atomic E-state index is 0.218. The van der Waals surface area contributed by atoms with Crippen LogP contribution in [0.25, 0.3) is 0 Å². The summed E-state index contributed by atoms with van der Waals surface area (Å²) >= 11 is 0. The molecular formula is C16H30NO+. The van der Waals surface area contributed by atoms with Crippen molar-refractivity contribution in [2.75, 3.05) is 7.05 Å². The van der Waals surface area contributed by atoms with E-state index in [4.69, 9.17) is 0 Å². The summed E-state index contributed by atoms with van der Waals surface area (Å²) in [6.45, 7) is 8.80. The number of Topliss-reactive ketones (excluding diaryl/α,β-unsaturated/α-hetero) is 1. The monoisotopic (exact) mass is 252 g/mol. The molecular weight excluding hydrogens is 222 g/mol. The average molecular weight is 252 g/mol. The Kier molecular flexibility index (Phi) is 3.87. The summed E-state index contributed by atoms with van der Waals surface area (Å²) < 4.78 is 1.27. The van der Waals surface area contributed by atoms with Gasteiger partial charge < -0.3 is 4.48 Å². The van der Waals surface area contributed by atoms with E-state index in [1.54, 1.807) is 0 Å². The van der Waals surface area contributed by atoms with Gasteiger partial charge in [0.2, 0.25) is 0 Å². The Morgan fingerprint density at radius 2 is 1.61 bits per heavy atom. The highest BCUT2D eigenvalue weighted by molar-refractivity contribution is 5.80. The van der Waals surface area contributed by atoms with Gasteiger partial charge >= 0.3 is 0 Å². The van der Waals surface area contributed by atoms with Gasteiger partial charge in [-0.1, -0.05) is 13.8 Å². The van der Waals surface area contributed by atoms with E-state index >= 15 is 0 Å². The van der Waals surface area contributed by atoms with Gasteiger partial charge in [0.15, 0.2) is 0 Å². The fourth-order valence-corrected chi connectivity index (χ4v) is 4.33. The summed E-state index contributed by atoms with van der Waals surface area (Å²) in [7, 11) is 2.45. The van der Waals surface area contributed by atoms with Crippen LogP contribution >= 0.6 is 0 Å². The Morgan fingerprint density at radius 1 is 1.11 bits per heavy atom. The van der Waals surface area contributed by atoms with Gasteiger partial charge in [-0.25, -0.2) is 0 Å². The first-order valence-corrected chi connectivity index (χ1v) is 7.74. The lowest BCUT2D eigenvalue weighted by Gasteiger charge is -2.50. The van der Waals surface area contributed by atoms with Gasteiger partial charge in [0.25, 0.3) is 0 Å². The fraction of sp³-hybridized carbons (Fsp3) is 0.938. The molecule has 2 fully saturated rings. The van der Waals surface area contributed by atoms with Gasteiger partial charge in [0.1, 0.15) is 5.78 Å². The Labute approximate surface area is 112 Å². The maximum absolute atomic E-state index is 11.9. The molecule has 2 rings (SSSR count). The lowest BCUT2D eigenvalue weighted by atomic mass is 9.83. The molecule has 2 heteroatoms. The molecule has 2 aliphatic heterocycles. The van der Waals surface area contributed by atoms with E-state index in [1.165, 1.54) is 30.2 Å². The molecule has 2 nitrogen and oxygen atoms in total. The number of hydrogen-bond acceptors (Lipinski definition) is 1. The molecule has 0 amide bonds. The molecule has 2 saturated heterocycles. The highest BCUT2D eigenvalue weighted by Crippen LogP contribution is 2.46. The fourth-order valence-electron chi connectivity index (χ4n) is 4.33. The van der Waals surface area contributed by atoms with Crippen molar-refractivity contribution in [3.05, 3.63) is 0 Å². The topological polar surface area (TPSA) is 17.1 Å². The first-order valence-electron chi connectivity index (χ1n) is 7.74. The first-order chi connectivity index (χ1) is 8.35. The van der Waals surface area contributed by atoms with Crippen molar-refractivity contribution >= 4 is 5.78 Å². The van der Waals surface area contributed by atoms with Crippen LogP contribution in [-0.4, -0.2) is 35.4 Å². The summed E-state index contributed by atoms with van der Waals surface area (Å²) in [5.74, 6) is 1.36. The Bertz CT molecular complexity index is 307. The van der Waals surface area contributed by atoms with Crippen LogP contribution in [-0.2, 0) is 4.79 Å². The van der Waals surface area contributed by atoms with Crippen LogP contribution in [0.15, 0.2) is 0 Å². The second-order valence-corrected chi connectivity index (χ2v) is 7.36. The first kappa shape index (κ1) is 14.0. The average Bonchev–Trinajstić information content (AvgIpc) is 2.50. The highest BCUT2D eigenvalue weighted by Gasteiger charge is 2.52. The number of ketones is 1. The number of quaternary nitrogens is 1. The van der Waals surface area contributed by atoms with Crippen molar-refractivity contribution in [3.63, 3.8) is 0 Å². The molecule has 0 radical (unpaired) electrons. The lowest BCUT2D eigenvalue weighted by molar-refractivity contribution is -0.968. The highest BCUT2D eigenvalue weighted by atomic mass is 16.1. The summed E-state index contributed by atoms with van der Waals surface area (Å²) in [6.07, 6.45) is 6.16. The maximum atomic E-state index is 11.9. The number of nitrogens with zero attached hydrogens (tertiary/aromatic N) is 1. The largest absolute Gasteiger partial charge is 0.319 e. The second kappa shape index (κ2) is 4.96. The Morgan fingerprint density at radius 3 is 2.00 bits per heavy atom. The van der Waals surface area contributed by atoms with Crippen LogP contribution in [0.5, 0.6) is 0 Å². The summed E-state index contributed by atoms with van der Waals surface area (Å²) in [5, 5.41) is 0. The van der Waals surface area contributed by atoms with E-state index in [1.807, 2.05) is 13.8 Å². The molecule has 0 aromatic rings. The number of carbonyl (C=O) groups is 1. The van der Waals surface area contributed by atoms with E-state index in [2.05, 4.69) is 20.9 Å². The molecule has 0 N–H and O–H groups in total. The van der Waals surface area contributed by atoms with Crippen LogP contribution in [0.3, 0.4) is 0 Å². The normalized spacial score (nSPS) is 39.6. The Hall–Kier alpha value is -0.370. The van der Waals surface area contributed by atoms with Gasteiger partial charge in [-0.15, -0.1) is 0 Å². The van der Waals surface area contributed by atoms with E-state index < -0.39 is 0 Å². The third kappa shape index (κ3) is 2.24. The van der Waals surface area contributed by atoms with Crippen LogP contribution in [0.2, 0.25) is 0 Å². The number of carbonyl (C=O) groups excluding carboxylic acids is 1. The second-order valence-electron chi connectivity index (χ2n) is 7.36. The molecule has 2 heterocycles. The molecule has 0 aromatic carbocycles. The van der Waals surface area contributed by atoms with Crippen LogP contribution in [0.4, 0.5) is 0 Å². The van der Waals surface area contributed by atoms with Crippen molar-refractivity contribution in [2.45, 2.75) is 77.9 Å². The van der Waals surface area contributed by atoms with Gasteiger partial charge in [-0.05, 0) is 19.8 Å². The number of hydrogen-bond donors (Lipinski definition) is 0. The van der Waals surface area contributed by atoms with Crippen molar-refractivity contribution in [1.29, 1.82) is 0 Å². The van der Waals surface area contributed by atoms with Gasteiger partial charge in [-0.2, -0.15) is 0 Å². The summed E-state index contributed by atoms with van der Waals surface area (Å²) in [5.41, 5.74) is 0. The molecule has 0 saturated carbocycles. The van der Waals surface area contributed by atoms with Crippen molar-refractivity contribution < 1.29 is 9.28 Å². The molecule has 0 aliphatic carbocycles. The predicted molar refractivity (Wildman–Crippen MR) is 75.3 cm³/mol. The predicted octanol–water partition coefficient (Wildman–Crippen LogP) is 3.40. The summed E-state index contributed by atoms with van der Waals surface area (Å²) in [4.78, 5) is 11.9. The molecule has 2 atom stereocenters. The van der Waals surface area contributed by atoms with E-state index in [0.29, 0.717) is 11.7 Å². The molecule has 0 spiro atoms. The smallest absolute Gasteiger partial charge is 0.135 e. The van der Waals surface area contributed by atoms with E-state index in [0.717, 1.165) is 24.5 Å². The third-order valence-corrected chi connectivity index (χ3v) is 5.86. The molecule has 2 unspecified atom stereocenters. The van der Waals surface area contributed by atoms with Crippen LogP contribution in [0, 0.1) is 11.8 Å². The van der Waals surface area contributed by atoms with Gasteiger partial charge in [0, 0.05) is 38.0 Å². The van der Waals surface area contributed by atoms with Crippen molar-refractivity contribution in [3.8, 4) is 0 Å². The molecule has 2 bridgehead atoms. The molecule has 18 heavy (non-hydrogen) atoms. The zero-order chi connectivity index (χ0) is 13.5. The summed E-state index contributed by atoms with van der Waals surface area (Å²) in [6, 6.07) is 2.35. The molecule has 104 valence electrons. The number of fused-ring (bicyclic) bond motifs is 2. The minimum absolute atomic E-state index is 0.218. The number of rotatable bonds is 4.